The van der Waals surface area contributed by atoms with Gasteiger partial charge >= 0.3 is 0 Å². The topological polar surface area (TPSA) is 51.6 Å². The molecule has 0 saturated carbocycles. The van der Waals surface area contributed by atoms with Crippen molar-refractivity contribution in [2.75, 3.05) is 0 Å². The van der Waals surface area contributed by atoms with Crippen molar-refractivity contribution in [3.63, 3.8) is 0 Å². The summed E-state index contributed by atoms with van der Waals surface area (Å²) in [6.45, 7) is 0. The van der Waals surface area contributed by atoms with Crippen LogP contribution < -0.4 is 0 Å². The van der Waals surface area contributed by atoms with Crippen LogP contribution >= 0.6 is 11.3 Å². The molecule has 0 N–H and O–H groups in total. The number of aromatic nitrogens is 4. The molecule has 0 aliphatic heterocycles. The number of nitrogens with zero attached hydrogens (tertiary/aromatic N) is 4. The van der Waals surface area contributed by atoms with E-state index in [0.29, 0.717) is 17.5 Å². The number of rotatable bonds is 4. The molecule has 0 amide bonds. The van der Waals surface area contributed by atoms with Crippen LogP contribution in [0.2, 0.25) is 0 Å². The zero-order valence-electron chi connectivity index (χ0n) is 28.4. The Hall–Kier alpha value is -6.82. The number of hydrogen-bond acceptors (Lipinski definition) is 5. The zero-order valence-corrected chi connectivity index (χ0v) is 29.2. The van der Waals surface area contributed by atoms with Gasteiger partial charge in [-0.3, -0.25) is 0 Å². The molecule has 0 spiro atoms. The molecule has 11 rings (SSSR count). The summed E-state index contributed by atoms with van der Waals surface area (Å²) in [5.74, 6) is 1.91. The Bertz CT molecular complexity index is 3220. The lowest BCUT2D eigenvalue weighted by Gasteiger charge is -2.14. The van der Waals surface area contributed by atoms with Gasteiger partial charge in [-0.1, -0.05) is 158 Å². The van der Waals surface area contributed by atoms with Crippen LogP contribution in [0.4, 0.5) is 0 Å². The maximum absolute atomic E-state index is 5.57. The van der Waals surface area contributed by atoms with Crippen molar-refractivity contribution in [2.45, 2.75) is 0 Å². The highest BCUT2D eigenvalue weighted by atomic mass is 32.1. The highest BCUT2D eigenvalue weighted by Gasteiger charge is 2.20. The third kappa shape index (κ3) is 4.82. The normalized spacial score (nSPS) is 11.8. The molecule has 53 heavy (non-hydrogen) atoms. The van der Waals surface area contributed by atoms with Crippen molar-refractivity contribution in [2.24, 2.45) is 0 Å². The first-order chi connectivity index (χ1) is 26.3. The number of thiophene rings is 1. The molecule has 4 nitrogen and oxygen atoms in total. The van der Waals surface area contributed by atoms with E-state index in [4.69, 9.17) is 19.9 Å². The van der Waals surface area contributed by atoms with Gasteiger partial charge in [0.1, 0.15) is 0 Å². The second-order valence-electron chi connectivity index (χ2n) is 13.4. The van der Waals surface area contributed by atoms with Crippen LogP contribution in [0.1, 0.15) is 0 Å². The summed E-state index contributed by atoms with van der Waals surface area (Å²) in [5.41, 5.74) is 5.86. The molecule has 0 aliphatic rings. The van der Waals surface area contributed by atoms with Crippen molar-refractivity contribution in [1.82, 2.24) is 19.9 Å². The third-order valence-electron chi connectivity index (χ3n) is 10.3. The van der Waals surface area contributed by atoms with Gasteiger partial charge in [-0.05, 0) is 33.7 Å². The largest absolute Gasteiger partial charge is 0.246 e. The Labute approximate surface area is 308 Å². The van der Waals surface area contributed by atoms with E-state index in [2.05, 4.69) is 140 Å². The Kier molecular flexibility index (Phi) is 6.69. The smallest absolute Gasteiger partial charge is 0.164 e. The average molecular weight is 693 g/mol. The summed E-state index contributed by atoms with van der Waals surface area (Å²) in [6, 6.07) is 59.6. The minimum Gasteiger partial charge on any atom is -0.246 e. The molecule has 3 aromatic heterocycles. The molecular weight excluding hydrogens is 665 g/mol. The number of pyridine rings is 1. The maximum atomic E-state index is 5.57. The minimum absolute atomic E-state index is 0.628. The van der Waals surface area contributed by atoms with E-state index >= 15 is 0 Å². The average Bonchev–Trinajstić information content (AvgIpc) is 3.64. The van der Waals surface area contributed by atoms with Crippen molar-refractivity contribution < 1.29 is 0 Å². The van der Waals surface area contributed by atoms with Crippen LogP contribution in [0.5, 0.6) is 0 Å². The fourth-order valence-electron chi connectivity index (χ4n) is 7.76. The quantitative estimate of drug-likeness (QED) is 0.172. The van der Waals surface area contributed by atoms with E-state index in [1.165, 1.54) is 47.1 Å². The SMILES string of the molecule is c1ccc(-c2nc(-c3ccc(-c4nc5c(c6ccccc46)c4ccccc4c4sc6ccccc6c54)cc3)nc(-c3ccc4ccccc4c3)n2)cc1. The summed E-state index contributed by atoms with van der Waals surface area (Å²) < 4.78 is 2.56. The predicted octanol–water partition coefficient (Wildman–Crippen LogP) is 12.9. The van der Waals surface area contributed by atoms with Crippen molar-refractivity contribution in [1.29, 1.82) is 0 Å². The van der Waals surface area contributed by atoms with Gasteiger partial charge < -0.3 is 0 Å². The van der Waals surface area contributed by atoms with Gasteiger partial charge in [0.2, 0.25) is 0 Å². The second-order valence-corrected chi connectivity index (χ2v) is 14.4. The lowest BCUT2D eigenvalue weighted by Crippen LogP contribution is -2.00. The van der Waals surface area contributed by atoms with Gasteiger partial charge in [0.05, 0.1) is 11.2 Å². The fourth-order valence-corrected chi connectivity index (χ4v) is 9.01. The molecule has 11 aromatic rings. The molecule has 0 radical (unpaired) electrons. The van der Waals surface area contributed by atoms with E-state index in [1.807, 2.05) is 41.7 Å². The molecule has 246 valence electrons. The summed E-state index contributed by atoms with van der Waals surface area (Å²) in [5, 5.41) is 10.8. The molecule has 8 aromatic carbocycles. The van der Waals surface area contributed by atoms with Crippen molar-refractivity contribution >= 4 is 74.7 Å². The maximum Gasteiger partial charge on any atom is 0.164 e. The molecule has 0 saturated heterocycles. The van der Waals surface area contributed by atoms with E-state index < -0.39 is 0 Å². The van der Waals surface area contributed by atoms with Crippen LogP contribution in [0, 0.1) is 0 Å². The third-order valence-corrected chi connectivity index (χ3v) is 11.5. The van der Waals surface area contributed by atoms with E-state index in [1.54, 1.807) is 0 Å². The summed E-state index contributed by atoms with van der Waals surface area (Å²) in [7, 11) is 0. The second kappa shape index (κ2) is 11.9. The van der Waals surface area contributed by atoms with Gasteiger partial charge in [0, 0.05) is 58.6 Å². The van der Waals surface area contributed by atoms with Crippen LogP contribution in [0.15, 0.2) is 170 Å². The van der Waals surface area contributed by atoms with Crippen molar-refractivity contribution in [3.8, 4) is 45.4 Å². The van der Waals surface area contributed by atoms with Crippen LogP contribution in [0.25, 0.3) is 109 Å². The molecule has 3 heterocycles. The lowest BCUT2D eigenvalue weighted by atomic mass is 9.94. The van der Waals surface area contributed by atoms with Gasteiger partial charge in [-0.2, -0.15) is 0 Å². The number of hydrogen-bond donors (Lipinski definition) is 0. The Balaban J connectivity index is 1.11. The Morgan fingerprint density at radius 1 is 0.340 bits per heavy atom. The highest BCUT2D eigenvalue weighted by molar-refractivity contribution is 7.27. The molecule has 0 fully saturated rings. The molecular formula is C48H28N4S. The van der Waals surface area contributed by atoms with Gasteiger partial charge in [-0.15, -0.1) is 11.3 Å². The monoisotopic (exact) mass is 692 g/mol. The number of fused-ring (bicyclic) bond motifs is 11. The Morgan fingerprint density at radius 2 is 0.868 bits per heavy atom. The Morgan fingerprint density at radius 3 is 1.62 bits per heavy atom. The molecule has 0 bridgehead atoms. The first kappa shape index (κ1) is 29.9. The highest BCUT2D eigenvalue weighted by Crippen LogP contribution is 2.46. The van der Waals surface area contributed by atoms with Crippen LogP contribution in [0.3, 0.4) is 0 Å². The van der Waals surface area contributed by atoms with Gasteiger partial charge in [0.25, 0.3) is 0 Å². The van der Waals surface area contributed by atoms with Gasteiger partial charge in [-0.25, -0.2) is 19.9 Å². The van der Waals surface area contributed by atoms with Crippen LogP contribution in [-0.4, -0.2) is 19.9 Å². The molecule has 5 heteroatoms. The van der Waals surface area contributed by atoms with E-state index in [-0.39, 0.29) is 0 Å². The first-order valence-corrected chi connectivity index (χ1v) is 18.5. The van der Waals surface area contributed by atoms with Gasteiger partial charge in [0.15, 0.2) is 17.5 Å². The van der Waals surface area contributed by atoms with Crippen LogP contribution in [-0.2, 0) is 0 Å². The number of benzene rings is 8. The fraction of sp³-hybridized carbons (Fsp3) is 0. The van der Waals surface area contributed by atoms with E-state index in [0.717, 1.165) is 44.2 Å². The summed E-state index contributed by atoms with van der Waals surface area (Å²) >= 11 is 1.85. The molecule has 0 unspecified atom stereocenters. The first-order valence-electron chi connectivity index (χ1n) is 17.7. The zero-order chi connectivity index (χ0) is 34.9. The van der Waals surface area contributed by atoms with E-state index in [9.17, 15) is 0 Å². The summed E-state index contributed by atoms with van der Waals surface area (Å²) in [6.07, 6.45) is 0. The lowest BCUT2D eigenvalue weighted by molar-refractivity contribution is 1.07. The molecule has 0 aliphatic carbocycles. The minimum atomic E-state index is 0.628. The predicted molar refractivity (Wildman–Crippen MR) is 222 cm³/mol. The summed E-state index contributed by atoms with van der Waals surface area (Å²) in [4.78, 5) is 20.6. The molecule has 0 atom stereocenters. The van der Waals surface area contributed by atoms with Crippen molar-refractivity contribution in [3.05, 3.63) is 170 Å². The standard InChI is InChI=1S/C48H28N4S/c1-2-13-31(14-3-1)46-50-47(52-48(51-46)34-27-22-29-12-4-5-15-33(29)28-34)32-25-23-30(24-26-32)43-37-18-8-6-16-35(37)41-36-17-7-9-19-38(36)45-42(44(41)49-43)39-20-10-11-21-40(39)53-45/h1-28H.